The van der Waals surface area contributed by atoms with Crippen molar-refractivity contribution in [2.75, 3.05) is 24.4 Å². The molecule has 1 aliphatic heterocycles. The fraction of sp³-hybridized carbons (Fsp3) is 0.367. The van der Waals surface area contributed by atoms with Crippen LogP contribution in [0.4, 0.5) is 5.69 Å². The van der Waals surface area contributed by atoms with Gasteiger partial charge in [-0.2, -0.15) is 0 Å². The first-order chi connectivity index (χ1) is 19.1. The molecule has 3 aromatic rings. The van der Waals surface area contributed by atoms with E-state index in [9.17, 15) is 18.0 Å². The molecule has 4 rings (SSSR count). The summed E-state index contributed by atoms with van der Waals surface area (Å²) in [6.45, 7) is 4.88. The van der Waals surface area contributed by atoms with Crippen LogP contribution in [0.1, 0.15) is 41.5 Å². The number of anilines is 1. The van der Waals surface area contributed by atoms with Crippen LogP contribution in [0, 0.1) is 13.8 Å². The molecular weight excluding hydrogens is 548 g/mol. The maximum Gasteiger partial charge on any atom is 0.264 e. The lowest BCUT2D eigenvalue weighted by Gasteiger charge is -2.25. The normalized spacial score (nSPS) is 14.2. The third-order valence-electron chi connectivity index (χ3n) is 7.29. The Kier molecular flexibility index (Phi) is 9.48. The predicted molar refractivity (Wildman–Crippen MR) is 157 cm³/mol. The molecule has 0 bridgehead atoms. The Labute approximate surface area is 241 Å². The lowest BCUT2D eigenvalue weighted by Crippen LogP contribution is -2.49. The molecule has 1 unspecified atom stereocenters. The number of sulfonamides is 1. The van der Waals surface area contributed by atoms with Gasteiger partial charge in [-0.25, -0.2) is 8.42 Å². The molecule has 1 aliphatic rings. The van der Waals surface area contributed by atoms with E-state index in [1.807, 2.05) is 29.2 Å². The zero-order chi connectivity index (χ0) is 28.9. The maximum absolute atomic E-state index is 13.6. The Hall–Kier alpha value is -3.43. The van der Waals surface area contributed by atoms with Crippen LogP contribution in [0.3, 0.4) is 0 Å². The number of carbonyl (C=O) groups is 2. The first kappa shape index (κ1) is 29.6. The molecule has 1 atom stereocenters. The van der Waals surface area contributed by atoms with Crippen molar-refractivity contribution in [3.8, 4) is 0 Å². The smallest absolute Gasteiger partial charge is 0.264 e. The van der Waals surface area contributed by atoms with E-state index >= 15 is 0 Å². The molecule has 1 saturated heterocycles. The molecule has 40 heavy (non-hydrogen) atoms. The number of carbonyl (C=O) groups excluding carboxylic acids is 2. The fourth-order valence-electron chi connectivity index (χ4n) is 4.97. The van der Waals surface area contributed by atoms with Crippen LogP contribution >= 0.6 is 11.6 Å². The number of aryl methyl sites for hydroxylation is 3. The van der Waals surface area contributed by atoms with Crippen LogP contribution in [-0.4, -0.2) is 56.3 Å². The summed E-state index contributed by atoms with van der Waals surface area (Å²) < 4.78 is 28.4. The monoisotopic (exact) mass is 582 g/mol. The van der Waals surface area contributed by atoms with Crippen LogP contribution in [0.2, 0.25) is 5.02 Å². The van der Waals surface area contributed by atoms with Crippen molar-refractivity contribution >= 4 is 39.1 Å². The van der Waals surface area contributed by atoms with E-state index < -0.39 is 16.1 Å². The van der Waals surface area contributed by atoms with Gasteiger partial charge in [0.05, 0.1) is 10.6 Å². The summed E-state index contributed by atoms with van der Waals surface area (Å²) in [5.41, 5.74) is 3.35. The highest BCUT2D eigenvalue weighted by Gasteiger charge is 2.29. The van der Waals surface area contributed by atoms with Crippen LogP contribution in [0.5, 0.6) is 0 Å². The molecule has 0 radical (unpaired) electrons. The van der Waals surface area contributed by atoms with Crippen molar-refractivity contribution < 1.29 is 18.0 Å². The van der Waals surface area contributed by atoms with Crippen LogP contribution in [0.15, 0.2) is 65.8 Å². The summed E-state index contributed by atoms with van der Waals surface area (Å²) in [6.07, 6.45) is 6.05. The Morgan fingerprint density at radius 3 is 2.42 bits per heavy atom. The quantitative estimate of drug-likeness (QED) is 0.380. The Morgan fingerprint density at radius 1 is 1.05 bits per heavy atom. The molecule has 1 fully saturated rings. The van der Waals surface area contributed by atoms with Crippen LogP contribution in [-0.2, 0) is 32.5 Å². The van der Waals surface area contributed by atoms with Crippen molar-refractivity contribution in [3.63, 3.8) is 0 Å². The number of para-hydroxylation sites is 1. The summed E-state index contributed by atoms with van der Waals surface area (Å²) in [5.74, 6) is -0.349. The topological polar surface area (TPSA) is 99.7 Å². The lowest BCUT2D eigenvalue weighted by atomic mass is 10.0. The molecule has 10 heteroatoms. The molecule has 8 nitrogen and oxygen atoms in total. The number of aromatic nitrogens is 1. The number of nitrogens with one attached hydrogen (secondary N) is 1. The molecule has 2 heterocycles. The highest BCUT2D eigenvalue weighted by molar-refractivity contribution is 7.92. The Morgan fingerprint density at radius 2 is 1.73 bits per heavy atom. The van der Waals surface area contributed by atoms with Gasteiger partial charge in [0, 0.05) is 50.4 Å². The van der Waals surface area contributed by atoms with Gasteiger partial charge in [0.25, 0.3) is 10.0 Å². The molecule has 212 valence electrons. The van der Waals surface area contributed by atoms with E-state index in [1.165, 1.54) is 11.4 Å². The van der Waals surface area contributed by atoms with E-state index in [4.69, 9.17) is 11.6 Å². The minimum atomic E-state index is -3.88. The van der Waals surface area contributed by atoms with E-state index in [0.29, 0.717) is 53.3 Å². The second kappa shape index (κ2) is 12.8. The summed E-state index contributed by atoms with van der Waals surface area (Å²) in [4.78, 5) is 32.4. The number of likely N-dealkylation sites (tertiary alicyclic amines) is 1. The van der Waals surface area contributed by atoms with E-state index in [-0.39, 0.29) is 23.1 Å². The van der Waals surface area contributed by atoms with Gasteiger partial charge in [0.1, 0.15) is 6.04 Å². The van der Waals surface area contributed by atoms with Gasteiger partial charge in [0.15, 0.2) is 0 Å². The third-order valence-corrected chi connectivity index (χ3v) is 9.61. The average Bonchev–Trinajstić information content (AvgIpc) is 3.48. The van der Waals surface area contributed by atoms with Crippen molar-refractivity contribution in [1.82, 2.24) is 15.2 Å². The molecular formula is C30H35ClN4O4S. The van der Waals surface area contributed by atoms with Gasteiger partial charge in [-0.3, -0.25) is 18.9 Å². The minimum absolute atomic E-state index is 0.0810. The number of hydrogen-bond acceptors (Lipinski definition) is 5. The number of benzene rings is 2. The number of hydrogen-bond donors (Lipinski definition) is 1. The van der Waals surface area contributed by atoms with Crippen LogP contribution < -0.4 is 9.62 Å². The molecule has 2 amide bonds. The van der Waals surface area contributed by atoms with Crippen molar-refractivity contribution in [2.45, 2.75) is 56.9 Å². The first-order valence-electron chi connectivity index (χ1n) is 13.4. The summed E-state index contributed by atoms with van der Waals surface area (Å²) in [5, 5.41) is 3.45. The number of halogens is 1. The number of pyridine rings is 1. The fourth-order valence-corrected chi connectivity index (χ4v) is 6.71. The molecule has 1 aromatic heterocycles. The van der Waals surface area contributed by atoms with Gasteiger partial charge in [-0.1, -0.05) is 29.8 Å². The Bertz CT molecular complexity index is 1470. The van der Waals surface area contributed by atoms with Gasteiger partial charge in [-0.15, -0.1) is 0 Å². The third kappa shape index (κ3) is 6.82. The molecule has 0 saturated carbocycles. The second-order valence-electron chi connectivity index (χ2n) is 10.2. The largest absolute Gasteiger partial charge is 0.344 e. The van der Waals surface area contributed by atoms with Crippen molar-refractivity contribution in [3.05, 3.63) is 88.2 Å². The predicted octanol–water partition coefficient (Wildman–Crippen LogP) is 4.46. The van der Waals surface area contributed by atoms with Crippen molar-refractivity contribution in [1.29, 1.82) is 0 Å². The summed E-state index contributed by atoms with van der Waals surface area (Å²) in [7, 11) is -2.37. The van der Waals surface area contributed by atoms with Crippen LogP contribution in [0.25, 0.3) is 0 Å². The highest BCUT2D eigenvalue weighted by atomic mass is 35.5. The summed E-state index contributed by atoms with van der Waals surface area (Å²) >= 11 is 6.19. The SMILES string of the molecule is Cc1cc(S(=O)(=O)N(C)c2ccccc2CCC(=O)NC(Cc2ccncc2)C(=O)N2CCCC2)c(C)cc1Cl. The maximum atomic E-state index is 13.6. The molecule has 1 N–H and O–H groups in total. The standard InChI is InChI=1S/C30H35ClN4O4S/c1-21-19-28(22(2)18-25(21)31)40(38,39)34(3)27-9-5-4-8-24(27)10-11-29(36)33-26(20-23-12-14-32-15-13-23)30(37)35-16-6-7-17-35/h4-5,8-9,12-15,18-19,26H,6-7,10-11,16-17,20H2,1-3H3,(H,33,36). The lowest BCUT2D eigenvalue weighted by molar-refractivity contribution is -0.135. The number of amides is 2. The Balaban J connectivity index is 1.49. The average molecular weight is 583 g/mol. The summed E-state index contributed by atoms with van der Waals surface area (Å²) in [6, 6.07) is 13.4. The number of nitrogens with zero attached hydrogens (tertiary/aromatic N) is 3. The molecule has 0 aliphatic carbocycles. The highest BCUT2D eigenvalue weighted by Crippen LogP contribution is 2.30. The molecule has 2 aromatic carbocycles. The van der Waals surface area contributed by atoms with Gasteiger partial charge < -0.3 is 10.2 Å². The van der Waals surface area contributed by atoms with E-state index in [1.54, 1.807) is 50.5 Å². The van der Waals surface area contributed by atoms with E-state index in [2.05, 4.69) is 10.3 Å². The van der Waals surface area contributed by atoms with Gasteiger partial charge in [-0.05, 0) is 85.7 Å². The zero-order valence-corrected chi connectivity index (χ0v) is 24.6. The van der Waals surface area contributed by atoms with Gasteiger partial charge >= 0.3 is 0 Å². The number of rotatable bonds is 10. The second-order valence-corrected chi connectivity index (χ2v) is 12.5. The first-order valence-corrected chi connectivity index (χ1v) is 15.2. The van der Waals surface area contributed by atoms with E-state index in [0.717, 1.165) is 18.4 Å². The van der Waals surface area contributed by atoms with Crippen molar-refractivity contribution in [2.24, 2.45) is 0 Å². The minimum Gasteiger partial charge on any atom is -0.344 e. The zero-order valence-electron chi connectivity index (χ0n) is 23.1. The molecule has 0 spiro atoms. The van der Waals surface area contributed by atoms with Gasteiger partial charge in [0.2, 0.25) is 11.8 Å².